The lowest BCUT2D eigenvalue weighted by atomic mass is 9.65. The molecule has 0 unspecified atom stereocenters. The molecule has 1 saturated carbocycles. The number of nitrogens with zero attached hydrogens (tertiary/aromatic N) is 1. The predicted molar refractivity (Wildman–Crippen MR) is 60.7 cm³/mol. The zero-order valence-corrected chi connectivity index (χ0v) is 10.1. The predicted octanol–water partition coefficient (Wildman–Crippen LogP) is 3.23. The van der Waals surface area contributed by atoms with E-state index in [1.54, 1.807) is 6.07 Å². The quantitative estimate of drug-likeness (QED) is 0.794. The third kappa shape index (κ3) is 1.58. The van der Waals surface area contributed by atoms with Gasteiger partial charge >= 0.3 is 0 Å². The van der Waals surface area contributed by atoms with Gasteiger partial charge in [-0.15, -0.1) is 0 Å². The van der Waals surface area contributed by atoms with Gasteiger partial charge in [0.05, 0.1) is 11.5 Å². The zero-order valence-electron chi connectivity index (χ0n) is 7.76. The van der Waals surface area contributed by atoms with E-state index in [-0.39, 0.29) is 18.6 Å². The van der Waals surface area contributed by atoms with E-state index >= 15 is 0 Å². The van der Waals surface area contributed by atoms with Crippen LogP contribution in [0.1, 0.15) is 18.4 Å². The topological polar surface area (TPSA) is 40.9 Å². The second-order valence-electron chi connectivity index (χ2n) is 3.68. The number of Topliss-reactive ketones (excluding diaryl/α,β-unsaturated/α-hetero) is 1. The highest BCUT2D eigenvalue weighted by Gasteiger charge is 2.47. The van der Waals surface area contributed by atoms with Gasteiger partial charge in [0.15, 0.2) is 0 Å². The molecule has 0 aromatic heterocycles. The molecule has 1 aliphatic carbocycles. The van der Waals surface area contributed by atoms with Gasteiger partial charge in [-0.05, 0) is 12.1 Å². The Morgan fingerprint density at radius 1 is 1.47 bits per heavy atom. The van der Waals surface area contributed by atoms with Crippen LogP contribution in [0.2, 0.25) is 5.02 Å². The molecule has 0 heterocycles. The minimum absolute atomic E-state index is 0.114. The summed E-state index contributed by atoms with van der Waals surface area (Å²) in [4.78, 5) is 11.1. The second kappa shape index (κ2) is 3.62. The molecular formula is C11H7BrClNO. The van der Waals surface area contributed by atoms with Crippen molar-refractivity contribution in [1.29, 1.82) is 5.26 Å². The molecule has 0 spiro atoms. The highest BCUT2D eigenvalue weighted by atomic mass is 79.9. The van der Waals surface area contributed by atoms with Crippen LogP contribution in [0.5, 0.6) is 0 Å². The highest BCUT2D eigenvalue weighted by Crippen LogP contribution is 2.46. The summed E-state index contributed by atoms with van der Waals surface area (Å²) in [5.41, 5.74) is 0.0302. The molecule has 0 atom stereocenters. The molecule has 0 bridgehead atoms. The van der Waals surface area contributed by atoms with Crippen molar-refractivity contribution in [1.82, 2.24) is 0 Å². The molecule has 1 fully saturated rings. The summed E-state index contributed by atoms with van der Waals surface area (Å²) in [6, 6.07) is 7.59. The first-order valence-corrected chi connectivity index (χ1v) is 5.63. The van der Waals surface area contributed by atoms with Crippen LogP contribution in [0.25, 0.3) is 0 Å². The van der Waals surface area contributed by atoms with Crippen LogP contribution in [0.15, 0.2) is 22.7 Å². The van der Waals surface area contributed by atoms with Crippen LogP contribution in [-0.4, -0.2) is 5.78 Å². The SMILES string of the molecule is N#CC1(c2c(Cl)cccc2Br)CC(=O)C1. The van der Waals surface area contributed by atoms with Gasteiger partial charge in [-0.3, -0.25) is 4.79 Å². The molecule has 2 nitrogen and oxygen atoms in total. The van der Waals surface area contributed by atoms with E-state index in [0.29, 0.717) is 5.02 Å². The largest absolute Gasteiger partial charge is 0.300 e. The number of hydrogen-bond acceptors (Lipinski definition) is 2. The van der Waals surface area contributed by atoms with Crippen molar-refractivity contribution in [2.45, 2.75) is 18.3 Å². The highest BCUT2D eigenvalue weighted by molar-refractivity contribution is 9.10. The van der Waals surface area contributed by atoms with Gasteiger partial charge in [0, 0.05) is 27.9 Å². The van der Waals surface area contributed by atoms with Crippen molar-refractivity contribution >= 4 is 33.3 Å². The molecule has 0 N–H and O–H groups in total. The van der Waals surface area contributed by atoms with E-state index in [9.17, 15) is 10.1 Å². The number of carbonyl (C=O) groups excluding carboxylic acids is 1. The summed E-state index contributed by atoms with van der Waals surface area (Å²) in [5, 5.41) is 9.72. The van der Waals surface area contributed by atoms with Crippen molar-refractivity contribution in [2.24, 2.45) is 0 Å². The zero-order chi connectivity index (χ0) is 11.1. The lowest BCUT2D eigenvalue weighted by molar-refractivity contribution is -0.126. The maximum absolute atomic E-state index is 11.1. The number of ketones is 1. The molecular weight excluding hydrogens is 277 g/mol. The maximum atomic E-state index is 11.1. The Morgan fingerprint density at radius 2 is 2.13 bits per heavy atom. The van der Waals surface area contributed by atoms with E-state index in [2.05, 4.69) is 22.0 Å². The fourth-order valence-corrected chi connectivity index (χ4v) is 3.10. The second-order valence-corrected chi connectivity index (χ2v) is 4.94. The fraction of sp³-hybridized carbons (Fsp3) is 0.273. The Labute approximate surface area is 101 Å². The molecule has 0 radical (unpaired) electrons. The van der Waals surface area contributed by atoms with E-state index in [1.807, 2.05) is 12.1 Å². The van der Waals surface area contributed by atoms with Crippen molar-refractivity contribution < 1.29 is 4.79 Å². The molecule has 15 heavy (non-hydrogen) atoms. The van der Waals surface area contributed by atoms with Gasteiger partial charge in [-0.1, -0.05) is 33.6 Å². The average Bonchev–Trinajstić information content (AvgIpc) is 2.14. The number of halogens is 2. The molecule has 0 saturated heterocycles. The van der Waals surface area contributed by atoms with E-state index in [1.165, 1.54) is 0 Å². The third-order valence-corrected chi connectivity index (χ3v) is 3.63. The van der Waals surface area contributed by atoms with Crippen molar-refractivity contribution in [2.75, 3.05) is 0 Å². The van der Waals surface area contributed by atoms with E-state index in [4.69, 9.17) is 11.6 Å². The summed E-state index contributed by atoms with van der Waals surface area (Å²) >= 11 is 9.43. The van der Waals surface area contributed by atoms with Crippen LogP contribution in [0.3, 0.4) is 0 Å². The Hall–Kier alpha value is -0.850. The molecule has 4 heteroatoms. The summed E-state index contributed by atoms with van der Waals surface area (Å²) in [7, 11) is 0. The average molecular weight is 285 g/mol. The van der Waals surface area contributed by atoms with E-state index < -0.39 is 5.41 Å². The Morgan fingerprint density at radius 3 is 2.60 bits per heavy atom. The standard InChI is InChI=1S/C11H7BrClNO/c12-8-2-1-3-9(13)10(8)11(6-14)4-7(15)5-11/h1-3H,4-5H2. The minimum Gasteiger partial charge on any atom is -0.300 e. The lowest BCUT2D eigenvalue weighted by Crippen LogP contribution is -2.40. The lowest BCUT2D eigenvalue weighted by Gasteiger charge is -2.35. The van der Waals surface area contributed by atoms with Crippen molar-refractivity contribution in [3.8, 4) is 6.07 Å². The third-order valence-electron chi connectivity index (χ3n) is 2.65. The number of rotatable bonds is 1. The number of hydrogen-bond donors (Lipinski definition) is 0. The molecule has 1 aromatic carbocycles. The van der Waals surface area contributed by atoms with Gasteiger partial charge in [0.2, 0.25) is 0 Å². The summed E-state index contributed by atoms with van der Waals surface area (Å²) in [6.45, 7) is 0. The number of nitriles is 1. The van der Waals surface area contributed by atoms with E-state index in [0.717, 1.165) is 10.0 Å². The Kier molecular flexibility index (Phi) is 2.57. The number of carbonyl (C=O) groups is 1. The first-order valence-electron chi connectivity index (χ1n) is 4.46. The van der Waals surface area contributed by atoms with Crippen molar-refractivity contribution in [3.05, 3.63) is 33.3 Å². The van der Waals surface area contributed by atoms with Crippen LogP contribution in [0, 0.1) is 11.3 Å². The first-order chi connectivity index (χ1) is 7.09. The molecule has 1 aliphatic rings. The summed E-state index contributed by atoms with van der Waals surface area (Å²) < 4.78 is 0.795. The Bertz CT molecular complexity index is 450. The van der Waals surface area contributed by atoms with Gasteiger partial charge < -0.3 is 0 Å². The van der Waals surface area contributed by atoms with Crippen LogP contribution < -0.4 is 0 Å². The molecule has 76 valence electrons. The molecule has 0 amide bonds. The number of benzene rings is 1. The normalized spacial score (nSPS) is 18.1. The Balaban J connectivity index is 2.54. The first kappa shape index (κ1) is 10.7. The van der Waals surface area contributed by atoms with Gasteiger partial charge in [0.25, 0.3) is 0 Å². The van der Waals surface area contributed by atoms with Gasteiger partial charge in [-0.25, -0.2) is 0 Å². The molecule has 0 aliphatic heterocycles. The summed E-state index contributed by atoms with van der Waals surface area (Å²) in [5.74, 6) is 0.114. The molecule has 2 rings (SSSR count). The van der Waals surface area contributed by atoms with Gasteiger partial charge in [0.1, 0.15) is 5.78 Å². The van der Waals surface area contributed by atoms with Crippen LogP contribution in [0.4, 0.5) is 0 Å². The minimum atomic E-state index is -0.714. The summed E-state index contributed by atoms with van der Waals surface area (Å²) in [6.07, 6.45) is 0.539. The smallest absolute Gasteiger partial charge is 0.136 e. The monoisotopic (exact) mass is 283 g/mol. The van der Waals surface area contributed by atoms with Crippen molar-refractivity contribution in [3.63, 3.8) is 0 Å². The maximum Gasteiger partial charge on any atom is 0.136 e. The molecule has 1 aromatic rings. The fourth-order valence-electron chi connectivity index (χ4n) is 1.89. The van der Waals surface area contributed by atoms with Crippen LogP contribution in [-0.2, 0) is 10.2 Å². The van der Waals surface area contributed by atoms with Gasteiger partial charge in [-0.2, -0.15) is 5.26 Å². The van der Waals surface area contributed by atoms with Crippen LogP contribution >= 0.6 is 27.5 Å².